The van der Waals surface area contributed by atoms with Crippen LogP contribution in [0.3, 0.4) is 0 Å². The fourth-order valence-electron chi connectivity index (χ4n) is 7.15. The molecule has 0 atom stereocenters. The van der Waals surface area contributed by atoms with Crippen molar-refractivity contribution in [1.82, 2.24) is 15.6 Å². The highest BCUT2D eigenvalue weighted by atomic mass is 19.1. The Morgan fingerprint density at radius 1 is 0.482 bits per heavy atom. The molecule has 0 aliphatic heterocycles. The fraction of sp³-hybridized carbons (Fsp3) is 0.226. The van der Waals surface area contributed by atoms with Gasteiger partial charge >= 0.3 is 5.97 Å². The van der Waals surface area contributed by atoms with Gasteiger partial charge in [-0.15, -0.1) is 0 Å². The summed E-state index contributed by atoms with van der Waals surface area (Å²) in [5, 5.41) is 14.2. The lowest BCUT2D eigenvalue weighted by atomic mass is 10.2. The third-order valence-electron chi connectivity index (χ3n) is 11.0. The lowest BCUT2D eigenvalue weighted by Gasteiger charge is -2.14. The van der Waals surface area contributed by atoms with Gasteiger partial charge in [0.1, 0.15) is 70.4 Å². The third-order valence-corrected chi connectivity index (χ3v) is 11.0. The molecule has 0 saturated carbocycles. The zero-order chi connectivity index (χ0) is 61.8. The number of carbonyl (C=O) groups excluding carboxylic acids is 3. The molecule has 0 spiro atoms. The molecule has 4 aromatic carbocycles. The summed E-state index contributed by atoms with van der Waals surface area (Å²) in [5.41, 5.74) is 0.856. The van der Waals surface area contributed by atoms with Crippen LogP contribution in [0.2, 0.25) is 0 Å². The van der Waals surface area contributed by atoms with Crippen molar-refractivity contribution in [2.75, 3.05) is 0 Å². The lowest BCUT2D eigenvalue weighted by molar-refractivity contribution is 0.0645. The zero-order valence-corrected chi connectivity index (χ0v) is 46.3. The van der Waals surface area contributed by atoms with Crippen LogP contribution < -0.4 is 51.3 Å². The van der Waals surface area contributed by atoms with Gasteiger partial charge in [0.2, 0.25) is 50.5 Å². The van der Waals surface area contributed by atoms with E-state index in [0.29, 0.717) is 6.29 Å². The molecular formula is C62H59F4N3O16. The number of alkyl halides is 4. The number of benzene rings is 4. The van der Waals surface area contributed by atoms with Crippen molar-refractivity contribution >= 4 is 24.1 Å². The van der Waals surface area contributed by atoms with E-state index in [-0.39, 0.29) is 95.9 Å². The summed E-state index contributed by atoms with van der Waals surface area (Å²) in [6, 6.07) is 40.1. The van der Waals surface area contributed by atoms with Crippen LogP contribution in [0, 0.1) is 0 Å². The zero-order valence-electron chi connectivity index (χ0n) is 46.3. The SMILES string of the molecule is CC(C)NC(=O)c1[nH]c(CF)cc(=O)c1OCc1ccccc1.CC(C)NC(=O)c1oc(CF)cc(=O)c1OCc1ccccc1.O=C(O)c1oc(CF)cc(=O)c1OCc1ccccc1.O=Cc1oc(CF)cc(=O)c1OCc1ccccc1. The van der Waals surface area contributed by atoms with Gasteiger partial charge < -0.3 is 52.9 Å². The number of rotatable bonds is 22. The Balaban J connectivity index is 0.000000208. The molecule has 0 radical (unpaired) electrons. The molecule has 446 valence electrons. The van der Waals surface area contributed by atoms with Gasteiger partial charge in [-0.05, 0) is 49.9 Å². The van der Waals surface area contributed by atoms with E-state index >= 15 is 0 Å². The molecule has 0 fully saturated rings. The maximum absolute atomic E-state index is 12.9. The molecule has 8 aromatic rings. The van der Waals surface area contributed by atoms with Gasteiger partial charge in [-0.25, -0.2) is 22.4 Å². The number of aldehydes is 1. The van der Waals surface area contributed by atoms with Gasteiger partial charge in [-0.2, -0.15) is 0 Å². The van der Waals surface area contributed by atoms with Crippen molar-refractivity contribution < 1.29 is 74.0 Å². The molecule has 2 amide bonds. The number of carboxylic acid groups (broad SMARTS) is 1. The highest BCUT2D eigenvalue weighted by molar-refractivity contribution is 5.95. The summed E-state index contributed by atoms with van der Waals surface area (Å²) in [4.78, 5) is 96.5. The molecule has 4 aromatic heterocycles. The van der Waals surface area contributed by atoms with Gasteiger partial charge in [0.05, 0.1) is 5.69 Å². The van der Waals surface area contributed by atoms with Crippen LogP contribution in [0.15, 0.2) is 178 Å². The molecule has 85 heavy (non-hydrogen) atoms. The summed E-state index contributed by atoms with van der Waals surface area (Å²) in [6.07, 6.45) is 0.334. The van der Waals surface area contributed by atoms with Crippen molar-refractivity contribution in [2.24, 2.45) is 0 Å². The number of ether oxygens (including phenoxy) is 4. The van der Waals surface area contributed by atoms with E-state index in [4.69, 9.17) is 37.3 Å². The number of halogens is 4. The Morgan fingerprint density at radius 3 is 1.20 bits per heavy atom. The van der Waals surface area contributed by atoms with Crippen LogP contribution in [0.5, 0.6) is 23.0 Å². The van der Waals surface area contributed by atoms with E-state index in [1.165, 1.54) is 0 Å². The molecule has 0 unspecified atom stereocenters. The molecule has 23 heteroatoms. The van der Waals surface area contributed by atoms with Crippen LogP contribution in [0.4, 0.5) is 17.6 Å². The predicted octanol–water partition coefficient (Wildman–Crippen LogP) is 10.3. The smallest absolute Gasteiger partial charge is 0.375 e. The number of aromatic carboxylic acids is 1. The standard InChI is InChI=1S/C17H19FN2O3.C17H18FNO4.C14H11FO5.C14H11FO4/c1-11(2)19-17(22)15-16(14(21)8-13(9-18)20-15)23-10-12-6-4-3-5-7-12;1-11(2)19-17(21)16-15(14(20)8-13(9-18)23-16)22-10-12-6-4-3-5-7-12;15-7-10-6-11(16)12(13(20-10)14(17)18)19-8-9-4-2-1-3-5-9;15-7-11-6-12(17)14(13(8-16)19-11)18-9-10-4-2-1-3-5-10/h3-8,11H,9-10H2,1-2H3,(H,19,22)(H,20,21);3-8,11H,9-10H2,1-2H3,(H,19,21);1-6H,7-8H2,(H,17,18);1-6,8H,7,9H2. The second kappa shape index (κ2) is 33.6. The number of nitrogens with one attached hydrogen (secondary N) is 3. The van der Waals surface area contributed by atoms with Gasteiger partial charge in [0, 0.05) is 36.3 Å². The first-order valence-corrected chi connectivity index (χ1v) is 25.9. The summed E-state index contributed by atoms with van der Waals surface area (Å²) in [6.45, 7) is 3.64. The monoisotopic (exact) mass is 1180 g/mol. The van der Waals surface area contributed by atoms with Crippen LogP contribution in [-0.2, 0) is 53.1 Å². The fourth-order valence-corrected chi connectivity index (χ4v) is 7.15. The molecule has 19 nitrogen and oxygen atoms in total. The number of carboxylic acids is 1. The molecule has 0 aliphatic rings. The molecule has 4 N–H and O–H groups in total. The highest BCUT2D eigenvalue weighted by Gasteiger charge is 2.24. The lowest BCUT2D eigenvalue weighted by Crippen LogP contribution is -2.32. The quantitative estimate of drug-likeness (QED) is 0.0363. The minimum absolute atomic E-state index is 0.0147. The van der Waals surface area contributed by atoms with Gasteiger partial charge in [-0.3, -0.25) is 33.6 Å². The molecule has 0 bridgehead atoms. The number of hydrogen-bond donors (Lipinski definition) is 4. The van der Waals surface area contributed by atoms with E-state index in [2.05, 4.69) is 15.6 Å². The summed E-state index contributed by atoms with van der Waals surface area (Å²) < 4.78 is 86.9. The van der Waals surface area contributed by atoms with Gasteiger partial charge in [0.25, 0.3) is 17.6 Å². The maximum atomic E-state index is 12.9. The number of pyridine rings is 1. The van der Waals surface area contributed by atoms with E-state index < -0.39 is 77.7 Å². The largest absolute Gasteiger partial charge is 0.483 e. The van der Waals surface area contributed by atoms with Gasteiger partial charge in [0.15, 0.2) is 17.7 Å². The van der Waals surface area contributed by atoms with Crippen LogP contribution in [0.1, 0.15) is 115 Å². The Labute approximate surface area is 482 Å². The molecule has 0 saturated heterocycles. The average molecular weight is 1180 g/mol. The number of aromatic amines is 1. The maximum Gasteiger partial charge on any atom is 0.375 e. The van der Waals surface area contributed by atoms with E-state index in [1.807, 2.05) is 97.1 Å². The first-order valence-electron chi connectivity index (χ1n) is 25.9. The molecule has 0 aliphatic carbocycles. The van der Waals surface area contributed by atoms with Crippen LogP contribution >= 0.6 is 0 Å². The molecule has 8 rings (SSSR count). The van der Waals surface area contributed by atoms with Crippen molar-refractivity contribution in [3.05, 3.63) is 255 Å². The Kier molecular flexibility index (Phi) is 25.9. The minimum Gasteiger partial charge on any atom is -0.483 e. The second-order valence-corrected chi connectivity index (χ2v) is 18.4. The van der Waals surface area contributed by atoms with E-state index in [0.717, 1.165) is 46.5 Å². The normalized spacial score (nSPS) is 10.4. The number of carbonyl (C=O) groups is 4. The van der Waals surface area contributed by atoms with Crippen molar-refractivity contribution in [2.45, 2.75) is 92.9 Å². The summed E-state index contributed by atoms with van der Waals surface area (Å²) >= 11 is 0. The highest BCUT2D eigenvalue weighted by Crippen LogP contribution is 2.21. The van der Waals surface area contributed by atoms with E-state index in [1.54, 1.807) is 52.0 Å². The molecule has 4 heterocycles. The summed E-state index contributed by atoms with van der Waals surface area (Å²) in [5.74, 6) is -5.61. The minimum atomic E-state index is -1.49. The average Bonchev–Trinajstić information content (AvgIpc) is 3.65. The topological polar surface area (TPSA) is 273 Å². The number of H-pyrrole nitrogens is 1. The first-order chi connectivity index (χ1) is 40.9. The van der Waals surface area contributed by atoms with Crippen LogP contribution in [0.25, 0.3) is 0 Å². The summed E-state index contributed by atoms with van der Waals surface area (Å²) in [7, 11) is 0. The van der Waals surface area contributed by atoms with Crippen molar-refractivity contribution in [3.8, 4) is 23.0 Å². The number of hydrogen-bond acceptors (Lipinski definition) is 15. The second-order valence-electron chi connectivity index (χ2n) is 18.4. The van der Waals surface area contributed by atoms with Gasteiger partial charge in [-0.1, -0.05) is 121 Å². The predicted molar refractivity (Wildman–Crippen MR) is 302 cm³/mol. The number of amides is 2. The third kappa shape index (κ3) is 20.6. The van der Waals surface area contributed by atoms with Crippen molar-refractivity contribution in [3.63, 3.8) is 0 Å². The first kappa shape index (κ1) is 65.5. The van der Waals surface area contributed by atoms with Crippen molar-refractivity contribution in [1.29, 1.82) is 0 Å². The molecular weight excluding hydrogens is 1120 g/mol. The Morgan fingerprint density at radius 2 is 0.824 bits per heavy atom. The Hall–Kier alpha value is -10.3. The Bertz CT molecular complexity index is 3580. The van der Waals surface area contributed by atoms with E-state index in [9.17, 15) is 55.9 Å². The number of aromatic nitrogens is 1. The van der Waals surface area contributed by atoms with Crippen LogP contribution in [-0.4, -0.2) is 46.2 Å².